The molecule has 5 aromatic rings. The second-order valence-electron chi connectivity index (χ2n) is 5.46. The molecule has 0 radical (unpaired) electrons. The van der Waals surface area contributed by atoms with Crippen LogP contribution in [0.2, 0.25) is 0 Å². The van der Waals surface area contributed by atoms with Crippen LogP contribution in [0.5, 0.6) is 0 Å². The zero-order chi connectivity index (χ0) is 15.4. The third-order valence-corrected chi connectivity index (χ3v) is 4.16. The molecule has 0 aliphatic heterocycles. The lowest BCUT2D eigenvalue weighted by Gasteiger charge is -2.13. The van der Waals surface area contributed by atoms with E-state index in [-0.39, 0.29) is 0 Å². The smallest absolute Gasteiger partial charge is 0.220 e. The number of rotatable bonds is 1. The topological polar surface area (TPSA) is 60.4 Å². The fourth-order valence-electron chi connectivity index (χ4n) is 3.19. The average Bonchev–Trinajstić information content (AvgIpc) is 3.24. The summed E-state index contributed by atoms with van der Waals surface area (Å²) in [4.78, 5) is 17.7. The van der Waals surface area contributed by atoms with Crippen molar-refractivity contribution in [2.75, 3.05) is 0 Å². The summed E-state index contributed by atoms with van der Waals surface area (Å²) in [6, 6.07) is 4.20. The molecule has 0 aliphatic carbocycles. The molecule has 0 atom stereocenters. The van der Waals surface area contributed by atoms with Crippen molar-refractivity contribution in [1.82, 2.24) is 28.7 Å². The van der Waals surface area contributed by atoms with E-state index in [1.165, 1.54) is 0 Å². The van der Waals surface area contributed by atoms with Crippen LogP contribution >= 0.6 is 0 Å². The zero-order valence-electron chi connectivity index (χ0n) is 12.4. The van der Waals surface area contributed by atoms with E-state index in [4.69, 9.17) is 0 Å². The van der Waals surface area contributed by atoms with Crippen LogP contribution in [0.3, 0.4) is 0 Å². The van der Waals surface area contributed by atoms with Gasteiger partial charge in [-0.25, -0.2) is 9.97 Å². The maximum Gasteiger partial charge on any atom is 0.220 e. The van der Waals surface area contributed by atoms with Crippen LogP contribution < -0.4 is 0 Å². The Kier molecular flexibility index (Phi) is 2.33. The second kappa shape index (κ2) is 4.36. The number of aromatic nitrogens is 6. The summed E-state index contributed by atoms with van der Waals surface area (Å²) in [6.45, 7) is 2.09. The molecule has 0 amide bonds. The molecule has 0 saturated carbocycles. The first-order valence-corrected chi connectivity index (χ1v) is 7.32. The minimum atomic E-state index is 0.834. The number of nitrogens with zero attached hydrogens (tertiary/aromatic N) is 6. The van der Waals surface area contributed by atoms with Gasteiger partial charge in [0.05, 0.1) is 17.4 Å². The van der Waals surface area contributed by atoms with E-state index >= 15 is 0 Å². The molecule has 23 heavy (non-hydrogen) atoms. The minimum absolute atomic E-state index is 0.834. The summed E-state index contributed by atoms with van der Waals surface area (Å²) in [5.74, 6) is 0.834. The van der Waals surface area contributed by atoms with Crippen LogP contribution in [0.4, 0.5) is 0 Å². The van der Waals surface area contributed by atoms with Gasteiger partial charge in [-0.15, -0.1) is 0 Å². The van der Waals surface area contributed by atoms with Crippen molar-refractivity contribution in [3.63, 3.8) is 0 Å². The predicted molar refractivity (Wildman–Crippen MR) is 87.2 cm³/mol. The number of benzene rings is 1. The largest absolute Gasteiger partial charge is 0.284 e. The summed E-state index contributed by atoms with van der Waals surface area (Å²) in [5, 5.41) is 1.06. The molecule has 110 valence electrons. The summed E-state index contributed by atoms with van der Waals surface area (Å²) in [7, 11) is 0. The van der Waals surface area contributed by atoms with Crippen molar-refractivity contribution < 1.29 is 0 Å². The maximum absolute atomic E-state index is 4.51. The SMILES string of the molecule is Cc1ccc2c3nccn3c3nccn3c2c1-c1cnccn1. The van der Waals surface area contributed by atoms with Gasteiger partial charge in [0.25, 0.3) is 0 Å². The van der Waals surface area contributed by atoms with Gasteiger partial charge in [0.2, 0.25) is 5.78 Å². The first kappa shape index (κ1) is 12.3. The first-order chi connectivity index (χ1) is 11.3. The lowest BCUT2D eigenvalue weighted by molar-refractivity contribution is 1.10. The van der Waals surface area contributed by atoms with E-state index in [0.29, 0.717) is 0 Å². The summed E-state index contributed by atoms with van der Waals surface area (Å²) >= 11 is 0. The molecule has 0 N–H and O–H groups in total. The van der Waals surface area contributed by atoms with Crippen molar-refractivity contribution in [2.45, 2.75) is 6.92 Å². The van der Waals surface area contributed by atoms with Gasteiger partial charge in [-0.1, -0.05) is 6.07 Å². The van der Waals surface area contributed by atoms with E-state index in [0.717, 1.165) is 39.1 Å². The zero-order valence-corrected chi connectivity index (χ0v) is 12.4. The molecule has 5 rings (SSSR count). The Hall–Kier alpha value is -3.28. The molecule has 0 fully saturated rings. The fraction of sp³-hybridized carbons (Fsp3) is 0.0588. The van der Waals surface area contributed by atoms with Gasteiger partial charge >= 0.3 is 0 Å². The standard InChI is InChI=1S/C17H12N6/c1-11-2-3-12-15(14(11)13-10-18-4-5-19-13)22-8-7-21-17(22)23-9-6-20-16(12)23/h2-10H,1H3. The molecular formula is C17H12N6. The van der Waals surface area contributed by atoms with Crippen LogP contribution in [-0.2, 0) is 0 Å². The van der Waals surface area contributed by atoms with Crippen molar-refractivity contribution in [3.05, 3.63) is 61.1 Å². The van der Waals surface area contributed by atoms with Gasteiger partial charge in [-0.05, 0) is 18.6 Å². The molecule has 0 bridgehead atoms. The number of imidazole rings is 2. The van der Waals surface area contributed by atoms with E-state index in [1.54, 1.807) is 31.0 Å². The normalized spacial score (nSPS) is 11.7. The van der Waals surface area contributed by atoms with Crippen molar-refractivity contribution >= 4 is 22.3 Å². The van der Waals surface area contributed by atoms with Gasteiger partial charge in [0.1, 0.15) is 5.65 Å². The Bertz CT molecular complexity index is 1170. The third-order valence-electron chi connectivity index (χ3n) is 4.16. The first-order valence-electron chi connectivity index (χ1n) is 7.32. The highest BCUT2D eigenvalue weighted by molar-refractivity contribution is 6.02. The van der Waals surface area contributed by atoms with Crippen LogP contribution in [0.25, 0.3) is 33.6 Å². The molecule has 0 saturated heterocycles. The Balaban J connectivity index is 2.10. The van der Waals surface area contributed by atoms with Crippen molar-refractivity contribution in [2.24, 2.45) is 0 Å². The Labute approximate surface area is 131 Å². The highest BCUT2D eigenvalue weighted by atomic mass is 15.2. The van der Waals surface area contributed by atoms with Crippen LogP contribution in [0, 0.1) is 6.92 Å². The van der Waals surface area contributed by atoms with Crippen molar-refractivity contribution in [3.8, 4) is 11.3 Å². The maximum atomic E-state index is 4.51. The predicted octanol–water partition coefficient (Wildman–Crippen LogP) is 2.90. The summed E-state index contributed by atoms with van der Waals surface area (Å²) < 4.78 is 4.08. The average molecular weight is 300 g/mol. The number of aryl methyl sites for hydroxylation is 1. The number of hydrogen-bond donors (Lipinski definition) is 0. The van der Waals surface area contributed by atoms with Gasteiger partial charge in [-0.3, -0.25) is 18.8 Å². The monoisotopic (exact) mass is 300 g/mol. The highest BCUT2D eigenvalue weighted by Crippen LogP contribution is 2.32. The molecule has 4 aromatic heterocycles. The van der Waals surface area contributed by atoms with Gasteiger partial charge in [0, 0.05) is 48.1 Å². The van der Waals surface area contributed by atoms with E-state index in [9.17, 15) is 0 Å². The molecule has 1 aromatic carbocycles. The van der Waals surface area contributed by atoms with Gasteiger partial charge in [-0.2, -0.15) is 0 Å². The van der Waals surface area contributed by atoms with E-state index in [2.05, 4.69) is 43.4 Å². The number of hydrogen-bond acceptors (Lipinski definition) is 4. The van der Waals surface area contributed by atoms with Crippen LogP contribution in [-0.4, -0.2) is 28.7 Å². The molecule has 6 nitrogen and oxygen atoms in total. The summed E-state index contributed by atoms with van der Waals surface area (Å²) in [5.41, 5.74) is 5.00. The van der Waals surface area contributed by atoms with Gasteiger partial charge in [0.15, 0.2) is 0 Å². The van der Waals surface area contributed by atoms with Gasteiger partial charge < -0.3 is 0 Å². The van der Waals surface area contributed by atoms with Crippen LogP contribution in [0.15, 0.2) is 55.5 Å². The van der Waals surface area contributed by atoms with Crippen LogP contribution in [0.1, 0.15) is 5.56 Å². The van der Waals surface area contributed by atoms with Crippen molar-refractivity contribution in [1.29, 1.82) is 0 Å². The Morgan fingerprint density at radius 3 is 2.61 bits per heavy atom. The molecule has 0 unspecified atom stereocenters. The second-order valence-corrected chi connectivity index (χ2v) is 5.46. The molecule has 4 heterocycles. The summed E-state index contributed by atoms with van der Waals surface area (Å²) in [6.07, 6.45) is 12.7. The highest BCUT2D eigenvalue weighted by Gasteiger charge is 2.16. The van der Waals surface area contributed by atoms with E-state index in [1.807, 2.05) is 16.8 Å². The third kappa shape index (κ3) is 1.57. The molecule has 0 spiro atoms. The Morgan fingerprint density at radius 1 is 0.870 bits per heavy atom. The van der Waals surface area contributed by atoms with E-state index < -0.39 is 0 Å². The lowest BCUT2D eigenvalue weighted by Crippen LogP contribution is -2.00. The lowest BCUT2D eigenvalue weighted by atomic mass is 10.0. The molecule has 0 aliphatic rings. The quantitative estimate of drug-likeness (QED) is 0.477. The minimum Gasteiger partial charge on any atom is -0.284 e. The molecular weight excluding hydrogens is 288 g/mol. The fourth-order valence-corrected chi connectivity index (χ4v) is 3.19. The molecule has 6 heteroatoms. The number of fused-ring (bicyclic) bond motifs is 6. The Morgan fingerprint density at radius 2 is 1.74 bits per heavy atom.